The molecule has 3 aliphatic carbocycles. The second kappa shape index (κ2) is 5.87. The van der Waals surface area contributed by atoms with Gasteiger partial charge in [-0.05, 0) is 36.8 Å². The first kappa shape index (κ1) is 15.6. The van der Waals surface area contributed by atoms with Crippen LogP contribution in [0.3, 0.4) is 0 Å². The monoisotopic (exact) mass is 342 g/mol. The number of nitrogens with one attached hydrogen (secondary N) is 2. The van der Waals surface area contributed by atoms with Gasteiger partial charge in [0.25, 0.3) is 0 Å². The van der Waals surface area contributed by atoms with E-state index in [1.54, 1.807) is 0 Å². The standard InChI is InChI=1S/C17H18N4O4/c22-11-2-1-7-18-14(11)20-17(25)19-8-21-15(23)12-9-3-4-10(6-5-9)13(12)16(21)24/h1-4,7,9-10,12-13,22H,5-6,8H2,(H2,18,19,20,25)/t9-,10-,12-,13-/m0/s1. The van der Waals surface area contributed by atoms with Crippen molar-refractivity contribution in [3.63, 3.8) is 0 Å². The van der Waals surface area contributed by atoms with Crippen molar-refractivity contribution in [1.82, 2.24) is 15.2 Å². The van der Waals surface area contributed by atoms with Gasteiger partial charge in [0.15, 0.2) is 11.6 Å². The van der Waals surface area contributed by atoms with E-state index in [0.29, 0.717) is 0 Å². The van der Waals surface area contributed by atoms with Crippen molar-refractivity contribution in [3.8, 4) is 5.75 Å². The average molecular weight is 342 g/mol. The van der Waals surface area contributed by atoms with Gasteiger partial charge in [0, 0.05) is 6.20 Å². The van der Waals surface area contributed by atoms with Gasteiger partial charge >= 0.3 is 6.03 Å². The van der Waals surface area contributed by atoms with Gasteiger partial charge in [0.05, 0.1) is 11.8 Å². The number of urea groups is 1. The molecule has 8 nitrogen and oxygen atoms in total. The number of likely N-dealkylation sites (tertiary alicyclic amines) is 1. The molecule has 1 saturated carbocycles. The van der Waals surface area contributed by atoms with E-state index >= 15 is 0 Å². The summed E-state index contributed by atoms with van der Waals surface area (Å²) in [6.07, 6.45) is 7.39. The average Bonchev–Trinajstić information content (AvgIpc) is 2.89. The van der Waals surface area contributed by atoms with Crippen LogP contribution in [-0.2, 0) is 9.59 Å². The molecule has 0 radical (unpaired) electrons. The van der Waals surface area contributed by atoms with Gasteiger partial charge in [-0.25, -0.2) is 9.78 Å². The third kappa shape index (κ3) is 2.54. The highest BCUT2D eigenvalue weighted by Gasteiger charge is 2.56. The van der Waals surface area contributed by atoms with Crippen LogP contribution < -0.4 is 10.6 Å². The number of nitrogens with zero attached hydrogens (tertiary/aromatic N) is 2. The second-order valence-electron chi connectivity index (χ2n) is 6.61. The Bertz CT molecular complexity index is 746. The number of anilines is 1. The lowest BCUT2D eigenvalue weighted by Gasteiger charge is -2.38. The number of amides is 4. The van der Waals surface area contributed by atoms with Gasteiger partial charge in [-0.2, -0.15) is 0 Å². The van der Waals surface area contributed by atoms with Crippen LogP contribution in [0.25, 0.3) is 0 Å². The summed E-state index contributed by atoms with van der Waals surface area (Å²) in [5.41, 5.74) is 0. The molecule has 2 heterocycles. The van der Waals surface area contributed by atoms with Crippen molar-refractivity contribution < 1.29 is 19.5 Å². The van der Waals surface area contributed by atoms with E-state index in [4.69, 9.17) is 0 Å². The fraction of sp³-hybridized carbons (Fsp3) is 0.412. The summed E-state index contributed by atoms with van der Waals surface area (Å²) in [5.74, 6) is -0.923. The Kier molecular flexibility index (Phi) is 3.67. The Hall–Kier alpha value is -2.90. The summed E-state index contributed by atoms with van der Waals surface area (Å²) in [4.78, 5) is 42.1. The maximum atomic E-state index is 12.6. The van der Waals surface area contributed by atoms with Gasteiger partial charge in [0.2, 0.25) is 11.8 Å². The lowest BCUT2D eigenvalue weighted by atomic mass is 9.63. The highest BCUT2D eigenvalue weighted by atomic mass is 16.3. The zero-order valence-corrected chi connectivity index (χ0v) is 13.4. The number of allylic oxidation sites excluding steroid dienone is 2. The summed E-state index contributed by atoms with van der Waals surface area (Å²) in [5, 5.41) is 14.5. The maximum Gasteiger partial charge on any atom is 0.321 e. The molecule has 2 bridgehead atoms. The molecule has 8 heteroatoms. The Labute approximate surface area is 143 Å². The Balaban J connectivity index is 1.40. The molecule has 1 aromatic heterocycles. The van der Waals surface area contributed by atoms with Crippen molar-refractivity contribution >= 4 is 23.7 Å². The Morgan fingerprint density at radius 1 is 1.20 bits per heavy atom. The summed E-state index contributed by atoms with van der Waals surface area (Å²) >= 11 is 0. The summed E-state index contributed by atoms with van der Waals surface area (Å²) in [7, 11) is 0. The first-order valence-corrected chi connectivity index (χ1v) is 8.28. The van der Waals surface area contributed by atoms with Crippen LogP contribution in [0.2, 0.25) is 0 Å². The maximum absolute atomic E-state index is 12.6. The number of hydrogen-bond acceptors (Lipinski definition) is 5. The molecule has 0 unspecified atom stereocenters. The van der Waals surface area contributed by atoms with Crippen molar-refractivity contribution in [3.05, 3.63) is 30.5 Å². The number of rotatable bonds is 3. The highest BCUT2D eigenvalue weighted by molar-refractivity contribution is 6.06. The van der Waals surface area contributed by atoms with E-state index < -0.39 is 6.03 Å². The fourth-order valence-corrected chi connectivity index (χ4v) is 4.09. The predicted molar refractivity (Wildman–Crippen MR) is 87.1 cm³/mol. The molecule has 1 saturated heterocycles. The van der Waals surface area contributed by atoms with Crippen LogP contribution >= 0.6 is 0 Å². The molecule has 4 amide bonds. The predicted octanol–water partition coefficient (Wildman–Crippen LogP) is 1.06. The number of aromatic hydroxyl groups is 1. The number of fused-ring (bicyclic) bond motifs is 1. The number of pyridine rings is 1. The Morgan fingerprint density at radius 2 is 1.84 bits per heavy atom. The lowest BCUT2D eigenvalue weighted by Crippen LogP contribution is -2.43. The van der Waals surface area contributed by atoms with Crippen LogP contribution in [0.1, 0.15) is 12.8 Å². The molecule has 2 fully saturated rings. The molecule has 0 spiro atoms. The van der Waals surface area contributed by atoms with Crippen molar-refractivity contribution in [2.75, 3.05) is 12.0 Å². The van der Waals surface area contributed by atoms with E-state index in [2.05, 4.69) is 15.6 Å². The molecular weight excluding hydrogens is 324 g/mol. The number of carbonyl (C=O) groups excluding carboxylic acids is 3. The minimum Gasteiger partial charge on any atom is -0.504 e. The normalized spacial score (nSPS) is 29.7. The topological polar surface area (TPSA) is 112 Å². The van der Waals surface area contributed by atoms with E-state index in [9.17, 15) is 19.5 Å². The molecule has 1 aromatic rings. The summed E-state index contributed by atoms with van der Waals surface area (Å²) in [6, 6.07) is 2.28. The molecule has 1 aliphatic heterocycles. The van der Waals surface area contributed by atoms with Gasteiger partial charge in [-0.15, -0.1) is 0 Å². The Morgan fingerprint density at radius 3 is 2.40 bits per heavy atom. The third-order valence-corrected chi connectivity index (χ3v) is 5.27. The van der Waals surface area contributed by atoms with Gasteiger partial charge in [-0.1, -0.05) is 12.2 Å². The lowest BCUT2D eigenvalue weighted by molar-refractivity contribution is -0.140. The molecule has 25 heavy (non-hydrogen) atoms. The smallest absolute Gasteiger partial charge is 0.321 e. The van der Waals surface area contributed by atoms with Gasteiger partial charge in [-0.3, -0.25) is 19.8 Å². The van der Waals surface area contributed by atoms with Crippen molar-refractivity contribution in [2.45, 2.75) is 12.8 Å². The number of carbonyl (C=O) groups is 3. The summed E-state index contributed by atoms with van der Waals surface area (Å²) < 4.78 is 0. The first-order valence-electron chi connectivity index (χ1n) is 8.28. The van der Waals surface area contributed by atoms with E-state index in [1.807, 2.05) is 12.2 Å². The van der Waals surface area contributed by atoms with Crippen LogP contribution in [0.5, 0.6) is 5.75 Å². The molecular formula is C17H18N4O4. The van der Waals surface area contributed by atoms with Crippen molar-refractivity contribution in [1.29, 1.82) is 0 Å². The van der Waals surface area contributed by atoms with E-state index in [-0.39, 0.29) is 53.7 Å². The highest BCUT2D eigenvalue weighted by Crippen LogP contribution is 2.49. The van der Waals surface area contributed by atoms with Crippen LogP contribution in [0.4, 0.5) is 10.6 Å². The zero-order valence-electron chi connectivity index (χ0n) is 13.4. The van der Waals surface area contributed by atoms with Crippen LogP contribution in [0.15, 0.2) is 30.5 Å². The fourth-order valence-electron chi connectivity index (χ4n) is 4.09. The van der Waals surface area contributed by atoms with Crippen molar-refractivity contribution in [2.24, 2.45) is 23.7 Å². The number of aromatic nitrogens is 1. The first-order chi connectivity index (χ1) is 12.1. The van der Waals surface area contributed by atoms with Crippen LogP contribution in [0, 0.1) is 23.7 Å². The van der Waals surface area contributed by atoms with E-state index in [1.165, 1.54) is 18.3 Å². The zero-order chi connectivity index (χ0) is 17.6. The molecule has 3 N–H and O–H groups in total. The summed E-state index contributed by atoms with van der Waals surface area (Å²) in [6.45, 7) is -0.191. The largest absolute Gasteiger partial charge is 0.504 e. The molecule has 0 aromatic carbocycles. The number of hydrogen-bond donors (Lipinski definition) is 3. The van der Waals surface area contributed by atoms with E-state index in [0.717, 1.165) is 17.7 Å². The second-order valence-corrected chi connectivity index (χ2v) is 6.61. The van der Waals surface area contributed by atoms with Gasteiger partial charge < -0.3 is 10.4 Å². The minimum absolute atomic E-state index is 0.00925. The van der Waals surface area contributed by atoms with Crippen LogP contribution in [-0.4, -0.2) is 39.5 Å². The quantitative estimate of drug-likeness (QED) is 0.562. The SMILES string of the molecule is O=C(NCN1C(=O)[C@@H]2[C@@H](C1=O)[C@H]1C=C[C@H]2CC1)Nc1ncccc1O. The molecule has 5 rings (SSSR count). The molecule has 4 atom stereocenters. The number of imide groups is 1. The van der Waals surface area contributed by atoms with Gasteiger partial charge in [0.1, 0.15) is 6.67 Å². The molecule has 4 aliphatic rings. The molecule has 130 valence electrons. The minimum atomic E-state index is -0.648. The third-order valence-electron chi connectivity index (χ3n) is 5.27.